The SMILES string of the molecule is C/C(=C\C(C)(C)CNC1=NC(C(C)C)CN1C(=S)Nc1cccc(Br)c1)CC(C)(C)C. The van der Waals surface area contributed by atoms with Gasteiger partial charge in [0.1, 0.15) is 0 Å². The number of halogens is 1. The lowest BCUT2D eigenvalue weighted by Crippen LogP contribution is -2.47. The Labute approximate surface area is 203 Å². The van der Waals surface area contributed by atoms with Crippen LogP contribution in [0.15, 0.2) is 45.4 Å². The minimum atomic E-state index is 0.0127. The smallest absolute Gasteiger partial charge is 0.200 e. The molecule has 172 valence electrons. The molecule has 2 N–H and O–H groups in total. The van der Waals surface area contributed by atoms with E-state index in [9.17, 15) is 0 Å². The van der Waals surface area contributed by atoms with Crippen LogP contribution in [0.2, 0.25) is 0 Å². The highest BCUT2D eigenvalue weighted by molar-refractivity contribution is 9.10. The molecule has 0 fully saturated rings. The Balaban J connectivity index is 2.10. The van der Waals surface area contributed by atoms with Crippen LogP contribution in [0.25, 0.3) is 0 Å². The second-order valence-corrected chi connectivity index (χ2v) is 12.2. The lowest BCUT2D eigenvalue weighted by Gasteiger charge is -2.28. The molecule has 6 heteroatoms. The van der Waals surface area contributed by atoms with Gasteiger partial charge in [-0.2, -0.15) is 0 Å². The number of rotatable bonds is 6. The molecule has 2 rings (SSSR count). The largest absolute Gasteiger partial charge is 0.355 e. The summed E-state index contributed by atoms with van der Waals surface area (Å²) < 4.78 is 1.02. The van der Waals surface area contributed by atoms with Gasteiger partial charge in [0.25, 0.3) is 0 Å². The second kappa shape index (κ2) is 10.5. The van der Waals surface area contributed by atoms with E-state index in [1.165, 1.54) is 5.57 Å². The third-order valence-electron chi connectivity index (χ3n) is 5.15. The van der Waals surface area contributed by atoms with Crippen LogP contribution in [-0.4, -0.2) is 35.1 Å². The number of hydrogen-bond donors (Lipinski definition) is 2. The standard InChI is InChI=1S/C25H39BrN4S/c1-17(2)21-15-30(23(31)28-20-11-9-10-19(26)12-20)22(29-21)27-16-25(7,8)14-18(3)13-24(4,5)6/h9-12,14,17,21H,13,15-16H2,1-8H3,(H,27,29)(H,28,31)/b18-14+. The molecule has 0 saturated carbocycles. The Morgan fingerprint density at radius 2 is 1.97 bits per heavy atom. The minimum absolute atomic E-state index is 0.0127. The molecular formula is C25H39BrN4S. The van der Waals surface area contributed by atoms with E-state index in [0.29, 0.717) is 16.4 Å². The topological polar surface area (TPSA) is 39.7 Å². The van der Waals surface area contributed by atoms with E-state index in [1.54, 1.807) is 0 Å². The van der Waals surface area contributed by atoms with Crippen LogP contribution in [0, 0.1) is 16.7 Å². The van der Waals surface area contributed by atoms with E-state index >= 15 is 0 Å². The molecule has 1 aromatic carbocycles. The summed E-state index contributed by atoms with van der Waals surface area (Å²) in [5.41, 5.74) is 2.70. The summed E-state index contributed by atoms with van der Waals surface area (Å²) in [7, 11) is 0. The van der Waals surface area contributed by atoms with E-state index in [1.807, 2.05) is 24.3 Å². The summed E-state index contributed by atoms with van der Waals surface area (Å²) in [6.45, 7) is 19.6. The fourth-order valence-corrected chi connectivity index (χ4v) is 4.57. The van der Waals surface area contributed by atoms with Crippen molar-refractivity contribution >= 4 is 44.9 Å². The fourth-order valence-electron chi connectivity index (χ4n) is 3.89. The van der Waals surface area contributed by atoms with Gasteiger partial charge in [-0.25, -0.2) is 4.99 Å². The first kappa shape index (κ1) is 25.9. The average molecular weight is 508 g/mol. The van der Waals surface area contributed by atoms with Crippen LogP contribution in [0.3, 0.4) is 0 Å². The molecule has 0 aromatic heterocycles. The van der Waals surface area contributed by atoms with Crippen molar-refractivity contribution in [3.05, 3.63) is 40.4 Å². The third kappa shape index (κ3) is 8.57. The number of allylic oxidation sites excluding steroid dienone is 1. The van der Waals surface area contributed by atoms with Gasteiger partial charge in [0, 0.05) is 22.1 Å². The maximum Gasteiger partial charge on any atom is 0.200 e. The lowest BCUT2D eigenvalue weighted by atomic mass is 9.84. The van der Waals surface area contributed by atoms with Crippen molar-refractivity contribution in [3.63, 3.8) is 0 Å². The van der Waals surface area contributed by atoms with E-state index in [4.69, 9.17) is 17.2 Å². The number of aliphatic imine (C=N–C) groups is 1. The van der Waals surface area contributed by atoms with E-state index in [0.717, 1.165) is 35.6 Å². The first-order chi connectivity index (χ1) is 14.3. The summed E-state index contributed by atoms with van der Waals surface area (Å²) in [6.07, 6.45) is 3.49. The number of anilines is 1. The molecule has 0 spiro atoms. The molecule has 31 heavy (non-hydrogen) atoms. The predicted molar refractivity (Wildman–Crippen MR) is 143 cm³/mol. The zero-order valence-electron chi connectivity index (χ0n) is 20.3. The summed E-state index contributed by atoms with van der Waals surface area (Å²) in [4.78, 5) is 7.06. The van der Waals surface area contributed by atoms with Crippen molar-refractivity contribution in [1.82, 2.24) is 10.2 Å². The number of thiocarbonyl (C=S) groups is 1. The highest BCUT2D eigenvalue weighted by Gasteiger charge is 2.31. The molecule has 0 aliphatic carbocycles. The summed E-state index contributed by atoms with van der Waals surface area (Å²) >= 11 is 9.28. The molecule has 1 atom stereocenters. The van der Waals surface area contributed by atoms with E-state index < -0.39 is 0 Å². The Hall–Kier alpha value is -1.40. The zero-order chi connectivity index (χ0) is 23.4. The maximum absolute atomic E-state index is 5.76. The highest BCUT2D eigenvalue weighted by Crippen LogP contribution is 2.28. The first-order valence-corrected chi connectivity index (χ1v) is 12.3. The minimum Gasteiger partial charge on any atom is -0.355 e. The average Bonchev–Trinajstić information content (AvgIpc) is 3.02. The molecule has 0 amide bonds. The Kier molecular flexibility index (Phi) is 8.74. The molecular weight excluding hydrogens is 468 g/mol. The van der Waals surface area contributed by atoms with Gasteiger partial charge in [0.05, 0.1) is 12.6 Å². The normalized spacial score (nSPS) is 17.7. The molecule has 0 radical (unpaired) electrons. The monoisotopic (exact) mass is 506 g/mol. The molecule has 0 bridgehead atoms. The van der Waals surface area contributed by atoms with Crippen LogP contribution < -0.4 is 10.6 Å². The summed E-state index contributed by atoms with van der Waals surface area (Å²) in [5.74, 6) is 1.32. The third-order valence-corrected chi connectivity index (χ3v) is 5.97. The van der Waals surface area contributed by atoms with Gasteiger partial charge >= 0.3 is 0 Å². The quantitative estimate of drug-likeness (QED) is 0.327. The van der Waals surface area contributed by atoms with Crippen molar-refractivity contribution < 1.29 is 0 Å². The van der Waals surface area contributed by atoms with Crippen molar-refractivity contribution in [1.29, 1.82) is 0 Å². The van der Waals surface area contributed by atoms with Crippen molar-refractivity contribution in [2.45, 2.75) is 67.9 Å². The fraction of sp³-hybridized carbons (Fsp3) is 0.600. The van der Waals surface area contributed by atoms with Gasteiger partial charge in [-0.3, -0.25) is 4.90 Å². The molecule has 1 unspecified atom stereocenters. The maximum atomic E-state index is 5.76. The Bertz CT molecular complexity index is 836. The van der Waals surface area contributed by atoms with Gasteiger partial charge in [-0.1, -0.05) is 82.1 Å². The zero-order valence-corrected chi connectivity index (χ0v) is 22.7. The van der Waals surface area contributed by atoms with E-state index in [2.05, 4.69) is 92.9 Å². The number of benzene rings is 1. The second-order valence-electron chi connectivity index (χ2n) is 10.9. The Morgan fingerprint density at radius 1 is 1.29 bits per heavy atom. The molecule has 1 aliphatic heterocycles. The van der Waals surface area contributed by atoms with Gasteiger partial charge in [-0.15, -0.1) is 0 Å². The van der Waals surface area contributed by atoms with Crippen LogP contribution in [0.5, 0.6) is 0 Å². The predicted octanol–water partition coefficient (Wildman–Crippen LogP) is 6.84. The molecule has 4 nitrogen and oxygen atoms in total. The molecule has 1 heterocycles. The van der Waals surface area contributed by atoms with Crippen LogP contribution in [0.1, 0.15) is 61.8 Å². The Morgan fingerprint density at radius 3 is 2.55 bits per heavy atom. The van der Waals surface area contributed by atoms with E-state index in [-0.39, 0.29) is 11.5 Å². The van der Waals surface area contributed by atoms with Crippen molar-refractivity contribution in [2.24, 2.45) is 21.7 Å². The van der Waals surface area contributed by atoms with Crippen molar-refractivity contribution in [3.8, 4) is 0 Å². The number of nitrogens with one attached hydrogen (secondary N) is 2. The van der Waals surface area contributed by atoms with Gasteiger partial charge in [0.2, 0.25) is 5.96 Å². The molecule has 0 saturated heterocycles. The lowest BCUT2D eigenvalue weighted by molar-refractivity contribution is 0.400. The van der Waals surface area contributed by atoms with Crippen LogP contribution >= 0.6 is 28.1 Å². The summed E-state index contributed by atoms with van der Waals surface area (Å²) in [6, 6.07) is 8.27. The van der Waals surface area contributed by atoms with Crippen LogP contribution in [0.4, 0.5) is 5.69 Å². The molecule has 1 aliphatic rings. The number of nitrogens with zero attached hydrogens (tertiary/aromatic N) is 2. The van der Waals surface area contributed by atoms with Crippen LogP contribution in [-0.2, 0) is 0 Å². The van der Waals surface area contributed by atoms with Gasteiger partial charge in [-0.05, 0) is 55.1 Å². The van der Waals surface area contributed by atoms with Crippen molar-refractivity contribution in [2.75, 3.05) is 18.4 Å². The van der Waals surface area contributed by atoms with Gasteiger partial charge < -0.3 is 10.6 Å². The number of guanidine groups is 1. The molecule has 1 aromatic rings. The summed E-state index contributed by atoms with van der Waals surface area (Å²) in [5, 5.41) is 7.63. The van der Waals surface area contributed by atoms with Gasteiger partial charge in [0.15, 0.2) is 5.11 Å². The first-order valence-electron chi connectivity index (χ1n) is 11.1. The number of hydrogen-bond acceptors (Lipinski definition) is 3. The highest BCUT2D eigenvalue weighted by atomic mass is 79.9.